The van der Waals surface area contributed by atoms with Crippen molar-refractivity contribution in [3.63, 3.8) is 0 Å². The van der Waals surface area contributed by atoms with Gasteiger partial charge in [0.1, 0.15) is 16.6 Å². The fourth-order valence-corrected chi connectivity index (χ4v) is 5.02. The summed E-state index contributed by atoms with van der Waals surface area (Å²) in [6, 6.07) is 3.91. The molecule has 0 unspecified atom stereocenters. The van der Waals surface area contributed by atoms with E-state index in [1.807, 2.05) is 44.4 Å². The number of nitriles is 1. The Morgan fingerprint density at radius 1 is 1.39 bits per heavy atom. The summed E-state index contributed by atoms with van der Waals surface area (Å²) in [5.41, 5.74) is 3.95. The first kappa shape index (κ1) is 22.8. The lowest BCUT2D eigenvalue weighted by molar-refractivity contribution is -0.117. The van der Waals surface area contributed by atoms with Crippen LogP contribution in [-0.2, 0) is 14.3 Å². The Balaban J connectivity index is 1.94. The largest absolute Gasteiger partial charge is 0.465 e. The van der Waals surface area contributed by atoms with Gasteiger partial charge in [-0.3, -0.25) is 4.79 Å². The number of amides is 1. The Morgan fingerprint density at radius 2 is 2.13 bits per heavy atom. The molecule has 0 saturated carbocycles. The van der Waals surface area contributed by atoms with Crippen molar-refractivity contribution in [2.75, 3.05) is 20.3 Å². The highest BCUT2D eigenvalue weighted by atomic mass is 32.1. The van der Waals surface area contributed by atoms with Gasteiger partial charge in [0.05, 0.1) is 18.8 Å². The van der Waals surface area contributed by atoms with Gasteiger partial charge >= 0.3 is 5.97 Å². The molecule has 2 aromatic rings. The van der Waals surface area contributed by atoms with E-state index in [2.05, 4.69) is 5.32 Å². The molecular weight excluding hydrogens is 414 g/mol. The molecule has 1 amide bonds. The number of methoxy groups -OCH3 is 1. The molecule has 0 spiro atoms. The molecule has 1 fully saturated rings. The zero-order valence-electron chi connectivity index (χ0n) is 18.5. The quantitative estimate of drug-likeness (QED) is 0.419. The number of aromatic nitrogens is 1. The van der Waals surface area contributed by atoms with Gasteiger partial charge in [0.25, 0.3) is 5.91 Å². The standard InChI is InChI=1S/C23H27N3O4S/c1-13-9-17(10-18(11-24)21(27)25-12-19-7-6-8-30-19)15(3)26(13)22-20(23(28)29-5)14(2)16(4)31-22/h9-10,19H,6-8,12H2,1-5H3,(H,25,27)/b18-10+/t19-/m0/s1. The van der Waals surface area contributed by atoms with Crippen molar-refractivity contribution >= 4 is 29.3 Å². The maximum Gasteiger partial charge on any atom is 0.341 e. The lowest BCUT2D eigenvalue weighted by atomic mass is 10.1. The van der Waals surface area contributed by atoms with Crippen LogP contribution in [0.4, 0.5) is 0 Å². The number of carbonyl (C=O) groups excluding carboxylic acids is 2. The Morgan fingerprint density at radius 3 is 2.74 bits per heavy atom. The van der Waals surface area contributed by atoms with E-state index >= 15 is 0 Å². The molecular formula is C23H27N3O4S. The molecule has 1 N–H and O–H groups in total. The number of carbonyl (C=O) groups is 2. The maximum atomic E-state index is 12.5. The van der Waals surface area contributed by atoms with Gasteiger partial charge in [-0.25, -0.2) is 4.79 Å². The third-order valence-electron chi connectivity index (χ3n) is 5.61. The van der Waals surface area contributed by atoms with Crippen LogP contribution < -0.4 is 5.32 Å². The topological polar surface area (TPSA) is 93.4 Å². The second-order valence-electron chi connectivity index (χ2n) is 7.63. The maximum absolute atomic E-state index is 12.5. The van der Waals surface area contributed by atoms with Crippen molar-refractivity contribution < 1.29 is 19.1 Å². The van der Waals surface area contributed by atoms with Crippen molar-refractivity contribution in [3.05, 3.63) is 44.6 Å². The fourth-order valence-electron chi connectivity index (χ4n) is 3.77. The van der Waals surface area contributed by atoms with Crippen LogP contribution in [-0.4, -0.2) is 42.8 Å². The molecule has 0 aromatic carbocycles. The van der Waals surface area contributed by atoms with Crippen LogP contribution in [0.3, 0.4) is 0 Å². The van der Waals surface area contributed by atoms with Gasteiger partial charge in [-0.2, -0.15) is 5.26 Å². The summed E-state index contributed by atoms with van der Waals surface area (Å²) in [7, 11) is 1.37. The average Bonchev–Trinajstić information content (AvgIpc) is 3.43. The summed E-state index contributed by atoms with van der Waals surface area (Å²) in [6.07, 6.45) is 3.50. The van der Waals surface area contributed by atoms with Crippen molar-refractivity contribution in [3.8, 4) is 11.1 Å². The lowest BCUT2D eigenvalue weighted by Gasteiger charge is -2.11. The minimum Gasteiger partial charge on any atom is -0.465 e. The molecule has 8 heteroatoms. The molecule has 7 nitrogen and oxygen atoms in total. The average molecular weight is 442 g/mol. The van der Waals surface area contributed by atoms with Gasteiger partial charge in [0, 0.05) is 29.4 Å². The second-order valence-corrected chi connectivity index (χ2v) is 8.83. The van der Waals surface area contributed by atoms with Crippen LogP contribution in [0, 0.1) is 39.0 Å². The first-order valence-corrected chi connectivity index (χ1v) is 11.0. The Bertz CT molecular complexity index is 1080. The number of esters is 1. The van der Waals surface area contributed by atoms with E-state index < -0.39 is 5.91 Å². The number of hydrogen-bond acceptors (Lipinski definition) is 6. The van der Waals surface area contributed by atoms with Crippen molar-refractivity contribution in [2.45, 2.75) is 46.6 Å². The van der Waals surface area contributed by atoms with E-state index in [-0.39, 0.29) is 17.6 Å². The minimum atomic E-state index is -0.416. The van der Waals surface area contributed by atoms with E-state index in [0.717, 1.165) is 45.2 Å². The van der Waals surface area contributed by atoms with Crippen molar-refractivity contribution in [1.29, 1.82) is 5.26 Å². The van der Waals surface area contributed by atoms with Crippen LogP contribution in [0.25, 0.3) is 11.1 Å². The summed E-state index contributed by atoms with van der Waals surface area (Å²) < 4.78 is 12.5. The number of aryl methyl sites for hydroxylation is 2. The van der Waals surface area contributed by atoms with Crippen LogP contribution >= 0.6 is 11.3 Å². The predicted octanol–water partition coefficient (Wildman–Crippen LogP) is 3.76. The summed E-state index contributed by atoms with van der Waals surface area (Å²) in [4.78, 5) is 26.0. The normalized spacial score (nSPS) is 16.3. The molecule has 1 aliphatic rings. The molecule has 0 aliphatic carbocycles. The molecule has 3 heterocycles. The first-order valence-electron chi connectivity index (χ1n) is 10.2. The number of hydrogen-bond donors (Lipinski definition) is 1. The summed E-state index contributed by atoms with van der Waals surface area (Å²) in [6.45, 7) is 8.82. The number of rotatable bonds is 6. The van der Waals surface area contributed by atoms with Gasteiger partial charge in [-0.1, -0.05) is 0 Å². The molecule has 3 rings (SSSR count). The van der Waals surface area contributed by atoms with E-state index in [4.69, 9.17) is 9.47 Å². The Kier molecular flexibility index (Phi) is 6.98. The van der Waals surface area contributed by atoms with E-state index in [1.54, 1.807) is 6.08 Å². The number of ether oxygens (including phenoxy) is 2. The lowest BCUT2D eigenvalue weighted by Crippen LogP contribution is -2.32. The van der Waals surface area contributed by atoms with Gasteiger partial charge in [-0.15, -0.1) is 11.3 Å². The number of nitrogens with zero attached hydrogens (tertiary/aromatic N) is 2. The summed E-state index contributed by atoms with van der Waals surface area (Å²) in [5.74, 6) is -0.798. The third-order valence-corrected chi connectivity index (χ3v) is 6.80. The molecule has 164 valence electrons. The van der Waals surface area contributed by atoms with Crippen LogP contribution in [0.5, 0.6) is 0 Å². The number of nitrogens with one attached hydrogen (secondary N) is 1. The number of thiophene rings is 1. The Labute approximate surface area is 186 Å². The summed E-state index contributed by atoms with van der Waals surface area (Å²) in [5, 5.41) is 13.1. The van der Waals surface area contributed by atoms with Gasteiger partial charge in [0.15, 0.2) is 0 Å². The van der Waals surface area contributed by atoms with Gasteiger partial charge in [-0.05, 0) is 63.8 Å². The SMILES string of the molecule is COC(=O)c1c(-n2c(C)cc(/C=C(\C#N)C(=O)NC[C@@H]3CCCO3)c2C)sc(C)c1C. The van der Waals surface area contributed by atoms with Crippen LogP contribution in [0.15, 0.2) is 11.6 Å². The smallest absolute Gasteiger partial charge is 0.341 e. The molecule has 1 atom stereocenters. The van der Waals surface area contributed by atoms with Crippen LogP contribution in [0.2, 0.25) is 0 Å². The molecule has 2 aromatic heterocycles. The molecule has 0 radical (unpaired) electrons. The predicted molar refractivity (Wildman–Crippen MR) is 120 cm³/mol. The van der Waals surface area contributed by atoms with Crippen molar-refractivity contribution in [2.24, 2.45) is 0 Å². The monoisotopic (exact) mass is 441 g/mol. The first-order chi connectivity index (χ1) is 14.8. The van der Waals surface area contributed by atoms with E-state index in [1.165, 1.54) is 18.4 Å². The zero-order chi connectivity index (χ0) is 22.7. The van der Waals surface area contributed by atoms with Gasteiger partial charge < -0.3 is 19.4 Å². The van der Waals surface area contributed by atoms with Crippen molar-refractivity contribution in [1.82, 2.24) is 9.88 Å². The highest BCUT2D eigenvalue weighted by Crippen LogP contribution is 2.35. The van der Waals surface area contributed by atoms with E-state index in [0.29, 0.717) is 18.7 Å². The van der Waals surface area contributed by atoms with Gasteiger partial charge in [0.2, 0.25) is 0 Å². The minimum absolute atomic E-state index is 0.0102. The Hall–Kier alpha value is -2.89. The molecule has 1 saturated heterocycles. The molecule has 31 heavy (non-hydrogen) atoms. The second kappa shape index (κ2) is 9.50. The third kappa shape index (κ3) is 4.58. The molecule has 0 bridgehead atoms. The van der Waals surface area contributed by atoms with Crippen LogP contribution in [0.1, 0.15) is 50.6 Å². The highest BCUT2D eigenvalue weighted by molar-refractivity contribution is 7.15. The molecule has 1 aliphatic heterocycles. The fraction of sp³-hybridized carbons (Fsp3) is 0.435. The van der Waals surface area contributed by atoms with E-state index in [9.17, 15) is 14.9 Å². The highest BCUT2D eigenvalue weighted by Gasteiger charge is 2.24. The zero-order valence-corrected chi connectivity index (χ0v) is 19.3. The summed E-state index contributed by atoms with van der Waals surface area (Å²) >= 11 is 1.52.